The van der Waals surface area contributed by atoms with Gasteiger partial charge in [-0.15, -0.1) is 0 Å². The standard InChI is InChI=1S/C28H27Cl2N2S2.C7H8O3S/c1-3-31-23-12-10-21(29)17-25(23)33-27(31)14-8-19-6-5-7-20(16-19)9-15-28-32(4-2)24-13-11-22(30)18-26(24)34-28;1-6-2-4-7(5-3-6)11(8,9)10/h8-18H,3-7H2,1-2H3;2-5H,1H3,(H,8,9,10)/q+1;/p-1. The number of aryl methyl sites for hydroxylation is 2. The number of thioether (sulfide) groups is 1. The fraction of sp³-hybridized carbons (Fsp3) is 0.229. The van der Waals surface area contributed by atoms with Crippen molar-refractivity contribution in [3.63, 3.8) is 0 Å². The zero-order valence-corrected chi connectivity index (χ0v) is 29.3. The molecule has 45 heavy (non-hydrogen) atoms. The third kappa shape index (κ3) is 8.30. The van der Waals surface area contributed by atoms with Crippen molar-refractivity contribution in [2.45, 2.75) is 56.4 Å². The van der Waals surface area contributed by atoms with Gasteiger partial charge in [0, 0.05) is 33.6 Å². The molecule has 0 saturated heterocycles. The van der Waals surface area contributed by atoms with Gasteiger partial charge in [0.05, 0.1) is 15.6 Å². The first-order valence-electron chi connectivity index (χ1n) is 14.7. The van der Waals surface area contributed by atoms with Crippen molar-refractivity contribution in [1.29, 1.82) is 0 Å². The van der Waals surface area contributed by atoms with Crippen LogP contribution >= 0.6 is 46.3 Å². The molecule has 1 aromatic heterocycles. The minimum Gasteiger partial charge on any atom is -0.744 e. The summed E-state index contributed by atoms with van der Waals surface area (Å²) in [5.74, 6) is 0. The number of anilines is 1. The summed E-state index contributed by atoms with van der Waals surface area (Å²) in [4.78, 5) is 3.41. The molecule has 6 rings (SSSR count). The highest BCUT2D eigenvalue weighted by Gasteiger charge is 2.23. The monoisotopic (exact) mass is 696 g/mol. The molecule has 2 heterocycles. The quantitative estimate of drug-likeness (QED) is 0.148. The largest absolute Gasteiger partial charge is 0.744 e. The summed E-state index contributed by atoms with van der Waals surface area (Å²) >= 11 is 16.0. The molecule has 10 heteroatoms. The maximum atomic E-state index is 10.4. The maximum absolute atomic E-state index is 10.4. The molecule has 0 unspecified atom stereocenters. The summed E-state index contributed by atoms with van der Waals surface area (Å²) in [7, 11) is -4.27. The Bertz CT molecular complexity index is 1940. The molecule has 0 atom stereocenters. The number of halogens is 2. The van der Waals surface area contributed by atoms with Gasteiger partial charge in [0.1, 0.15) is 21.4 Å². The first-order valence-corrected chi connectivity index (χ1v) is 18.5. The van der Waals surface area contributed by atoms with E-state index in [0.29, 0.717) is 0 Å². The van der Waals surface area contributed by atoms with Crippen LogP contribution in [-0.4, -0.2) is 19.5 Å². The van der Waals surface area contributed by atoms with Crippen LogP contribution in [0.2, 0.25) is 10.0 Å². The Kier molecular flexibility index (Phi) is 11.0. The van der Waals surface area contributed by atoms with Crippen molar-refractivity contribution in [2.75, 3.05) is 11.4 Å². The van der Waals surface area contributed by atoms with E-state index >= 15 is 0 Å². The van der Waals surface area contributed by atoms with E-state index in [0.717, 1.165) is 41.5 Å². The Morgan fingerprint density at radius 1 is 0.956 bits per heavy atom. The predicted molar refractivity (Wildman–Crippen MR) is 189 cm³/mol. The Balaban J connectivity index is 0.000000309. The number of benzene rings is 3. The molecule has 0 spiro atoms. The fourth-order valence-corrected chi connectivity index (χ4v) is 8.54. The summed E-state index contributed by atoms with van der Waals surface area (Å²) in [6.07, 6.45) is 14.9. The van der Waals surface area contributed by atoms with Crippen LogP contribution in [0, 0.1) is 6.92 Å². The van der Waals surface area contributed by atoms with Gasteiger partial charge < -0.3 is 9.45 Å². The van der Waals surface area contributed by atoms with E-state index in [1.165, 1.54) is 60.5 Å². The summed E-state index contributed by atoms with van der Waals surface area (Å²) in [6.45, 7) is 8.09. The second-order valence-corrected chi connectivity index (χ2v) is 15.1. The van der Waals surface area contributed by atoms with Gasteiger partial charge in [0.2, 0.25) is 5.52 Å². The zero-order valence-electron chi connectivity index (χ0n) is 25.3. The predicted octanol–water partition coefficient (Wildman–Crippen LogP) is 9.94. The van der Waals surface area contributed by atoms with Gasteiger partial charge in [-0.1, -0.05) is 82.2 Å². The van der Waals surface area contributed by atoms with Gasteiger partial charge in [0.25, 0.3) is 5.01 Å². The summed E-state index contributed by atoms with van der Waals surface area (Å²) in [5, 5.41) is 4.10. The van der Waals surface area contributed by atoms with Crippen molar-refractivity contribution in [2.24, 2.45) is 0 Å². The van der Waals surface area contributed by atoms with Crippen LogP contribution in [0.15, 0.2) is 111 Å². The Morgan fingerprint density at radius 2 is 1.69 bits per heavy atom. The Morgan fingerprint density at radius 3 is 2.40 bits per heavy atom. The molecule has 234 valence electrons. The normalized spacial score (nSPS) is 16.8. The third-order valence-electron chi connectivity index (χ3n) is 7.51. The molecule has 2 aliphatic rings. The first kappa shape index (κ1) is 33.5. The smallest absolute Gasteiger partial charge is 0.262 e. The van der Waals surface area contributed by atoms with Gasteiger partial charge in [-0.3, -0.25) is 0 Å². The van der Waals surface area contributed by atoms with Gasteiger partial charge in [-0.2, -0.15) is 4.57 Å². The molecule has 4 aromatic rings. The molecule has 0 fully saturated rings. The highest BCUT2D eigenvalue weighted by atomic mass is 35.5. The molecular weight excluding hydrogens is 664 g/mol. The van der Waals surface area contributed by atoms with Crippen LogP contribution in [0.1, 0.15) is 43.7 Å². The zero-order chi connectivity index (χ0) is 32.1. The number of aromatic nitrogens is 1. The topological polar surface area (TPSA) is 64.3 Å². The molecule has 0 amide bonds. The number of nitrogens with zero attached hydrogens (tertiary/aromatic N) is 2. The fourth-order valence-electron chi connectivity index (χ4n) is 5.26. The summed E-state index contributed by atoms with van der Waals surface area (Å²) in [6, 6.07) is 18.1. The highest BCUT2D eigenvalue weighted by molar-refractivity contribution is 8.03. The molecule has 3 aromatic carbocycles. The molecule has 0 radical (unpaired) electrons. The Hall–Kier alpha value is -2.85. The average Bonchev–Trinajstić information content (AvgIpc) is 3.55. The van der Waals surface area contributed by atoms with Crippen molar-refractivity contribution >= 4 is 78.4 Å². The molecule has 0 N–H and O–H groups in total. The number of thiazole rings is 1. The van der Waals surface area contributed by atoms with E-state index < -0.39 is 10.1 Å². The lowest BCUT2D eigenvalue weighted by Crippen LogP contribution is -2.33. The Labute approximate surface area is 283 Å². The van der Waals surface area contributed by atoms with E-state index in [4.69, 9.17) is 23.2 Å². The van der Waals surface area contributed by atoms with E-state index in [-0.39, 0.29) is 4.90 Å². The lowest BCUT2D eigenvalue weighted by molar-refractivity contribution is -0.665. The SMILES string of the molecule is CCN1/C(=C/C=C2C=C(/C=C/c3sc4cc(Cl)ccc4[n+]3CC)CCC/2)Sc2cc(Cl)ccc21.Cc1ccc(S(=O)(=O)[O-])cc1. The first-order chi connectivity index (χ1) is 21.5. The molecule has 5 nitrogen and oxygen atoms in total. The van der Waals surface area contributed by atoms with Crippen molar-refractivity contribution in [1.82, 2.24) is 0 Å². The molecule has 0 saturated carbocycles. The van der Waals surface area contributed by atoms with Gasteiger partial charge >= 0.3 is 0 Å². The lowest BCUT2D eigenvalue weighted by Gasteiger charge is -2.18. The molecule has 0 bridgehead atoms. The van der Waals surface area contributed by atoms with Gasteiger partial charge in [-0.25, -0.2) is 8.42 Å². The molecule has 1 aliphatic carbocycles. The van der Waals surface area contributed by atoms with Crippen LogP contribution in [0.5, 0.6) is 0 Å². The minimum absolute atomic E-state index is 0.178. The maximum Gasteiger partial charge on any atom is 0.262 e. The number of hydrogen-bond acceptors (Lipinski definition) is 6. The van der Waals surface area contributed by atoms with Crippen molar-refractivity contribution < 1.29 is 17.5 Å². The van der Waals surface area contributed by atoms with Gasteiger partial charge in [0.15, 0.2) is 0 Å². The number of hydrogen-bond donors (Lipinski definition) is 0. The number of fused-ring (bicyclic) bond motifs is 2. The van der Waals surface area contributed by atoms with Gasteiger partial charge in [-0.05, 0) is 99.7 Å². The second kappa shape index (κ2) is 14.7. The van der Waals surface area contributed by atoms with E-state index in [2.05, 4.69) is 78.0 Å². The molecule has 1 aliphatic heterocycles. The van der Waals surface area contributed by atoms with Crippen LogP contribution < -0.4 is 9.47 Å². The average molecular weight is 698 g/mol. The van der Waals surface area contributed by atoms with Crippen LogP contribution in [-0.2, 0) is 16.7 Å². The van der Waals surface area contributed by atoms with E-state index in [1.54, 1.807) is 35.2 Å². The van der Waals surface area contributed by atoms with E-state index in [9.17, 15) is 13.0 Å². The van der Waals surface area contributed by atoms with Crippen LogP contribution in [0.25, 0.3) is 16.3 Å². The van der Waals surface area contributed by atoms with Crippen LogP contribution in [0.3, 0.4) is 0 Å². The van der Waals surface area contributed by atoms with Crippen LogP contribution in [0.4, 0.5) is 5.69 Å². The second-order valence-electron chi connectivity index (χ2n) is 10.7. The summed E-state index contributed by atoms with van der Waals surface area (Å²) < 4.78 is 34.8. The number of allylic oxidation sites excluding steroid dienone is 6. The van der Waals surface area contributed by atoms with Crippen molar-refractivity contribution in [3.8, 4) is 0 Å². The molecular formula is C35H34Cl2N2O3S3. The summed E-state index contributed by atoms with van der Waals surface area (Å²) in [5.41, 5.74) is 6.19. The van der Waals surface area contributed by atoms with Crippen molar-refractivity contribution in [3.05, 3.63) is 122 Å². The van der Waals surface area contributed by atoms with E-state index in [1.807, 2.05) is 19.1 Å². The minimum atomic E-state index is -4.27. The third-order valence-corrected chi connectivity index (χ3v) is 11.1. The highest BCUT2D eigenvalue weighted by Crippen LogP contribution is 2.46. The lowest BCUT2D eigenvalue weighted by atomic mass is 9.94. The number of rotatable bonds is 6.